The topological polar surface area (TPSA) is 159 Å². The molecule has 0 bridgehead atoms. The van der Waals surface area contributed by atoms with Gasteiger partial charge in [0.25, 0.3) is 5.91 Å². The third-order valence-electron chi connectivity index (χ3n) is 10.6. The van der Waals surface area contributed by atoms with Crippen LogP contribution in [0.4, 0.5) is 13.6 Å². The number of rotatable bonds is 7. The van der Waals surface area contributed by atoms with E-state index in [4.69, 9.17) is 18.9 Å². The number of carbonyl (C=O) groups excluding carboxylic acids is 2. The third-order valence-corrected chi connectivity index (χ3v) is 10.6. The summed E-state index contributed by atoms with van der Waals surface area (Å²) in [7, 11) is 1.55. The zero-order chi connectivity index (χ0) is 40.7. The summed E-state index contributed by atoms with van der Waals surface area (Å²) in [6, 6.07) is 19.0. The Bertz CT molecular complexity index is 2250. The Hall–Kier alpha value is -5.62. The van der Waals surface area contributed by atoms with Crippen LogP contribution in [0.2, 0.25) is 0 Å². The minimum atomic E-state index is -1.24. The van der Waals surface area contributed by atoms with Crippen LogP contribution in [0.5, 0.6) is 0 Å². The lowest BCUT2D eigenvalue weighted by molar-refractivity contribution is -0.298. The number of carbonyl (C=O) groups is 2. The van der Waals surface area contributed by atoms with Gasteiger partial charge in [-0.1, -0.05) is 65.0 Å². The summed E-state index contributed by atoms with van der Waals surface area (Å²) in [5.74, 6) is -1.33. The molecule has 17 heteroatoms. The summed E-state index contributed by atoms with van der Waals surface area (Å²) in [5, 5.41) is 29.2. The number of hydrogen-bond donors (Lipinski definition) is 1. The largest absolute Gasteiger partial charge is 0.444 e. The van der Waals surface area contributed by atoms with Crippen LogP contribution < -0.4 is 0 Å². The van der Waals surface area contributed by atoms with Crippen LogP contribution >= 0.6 is 0 Å². The molecule has 0 spiro atoms. The second kappa shape index (κ2) is 16.0. The number of aliphatic hydroxyl groups is 1. The van der Waals surface area contributed by atoms with Crippen molar-refractivity contribution in [2.24, 2.45) is 0 Å². The molecule has 58 heavy (non-hydrogen) atoms. The molecule has 15 nitrogen and oxygen atoms in total. The van der Waals surface area contributed by atoms with E-state index in [1.54, 1.807) is 69.2 Å². The maximum absolute atomic E-state index is 14.6. The number of ether oxygens (including phenoxy) is 4. The fourth-order valence-corrected chi connectivity index (χ4v) is 7.72. The zero-order valence-corrected chi connectivity index (χ0v) is 32.3. The smallest absolute Gasteiger partial charge is 0.410 e. The SMILES string of the molecule is CN(C(=O)[C@H]1C[C@@H](n2cc(-c3cccc(F)c3)nn2)[C@H]2OC(c3ccccc3)OC[C@H]2O1)[C@@H]1CN(C(=O)OC(C)(C)C)C[C@H](n2cc(-c3cccc(F)c3)nn2)[C@H]1O. The fraction of sp³-hybridized carbons (Fsp3) is 0.415. The second-order valence-corrected chi connectivity index (χ2v) is 15.8. The molecule has 304 valence electrons. The lowest BCUT2D eigenvalue weighted by Gasteiger charge is -2.48. The number of amides is 2. The van der Waals surface area contributed by atoms with Gasteiger partial charge >= 0.3 is 6.09 Å². The van der Waals surface area contributed by atoms with Gasteiger partial charge in [0.05, 0.1) is 37.1 Å². The summed E-state index contributed by atoms with van der Waals surface area (Å²) >= 11 is 0. The van der Waals surface area contributed by atoms with E-state index in [9.17, 15) is 23.5 Å². The molecule has 3 fully saturated rings. The van der Waals surface area contributed by atoms with Gasteiger partial charge < -0.3 is 33.9 Å². The number of likely N-dealkylation sites (tertiary alicyclic amines) is 1. The van der Waals surface area contributed by atoms with Crippen molar-refractivity contribution in [1.82, 2.24) is 39.8 Å². The number of hydrogen-bond acceptors (Lipinski definition) is 11. The highest BCUT2D eigenvalue weighted by Crippen LogP contribution is 2.40. The first-order valence-corrected chi connectivity index (χ1v) is 19.1. The van der Waals surface area contributed by atoms with Gasteiger partial charge in [0, 0.05) is 43.2 Å². The molecule has 3 aliphatic heterocycles. The molecule has 0 aliphatic carbocycles. The summed E-state index contributed by atoms with van der Waals surface area (Å²) in [6.45, 7) is 5.27. The quantitative estimate of drug-likeness (QED) is 0.237. The van der Waals surface area contributed by atoms with Crippen molar-refractivity contribution in [1.29, 1.82) is 0 Å². The van der Waals surface area contributed by atoms with Crippen molar-refractivity contribution in [2.45, 2.75) is 81.6 Å². The average Bonchev–Trinajstić information content (AvgIpc) is 3.91. The minimum Gasteiger partial charge on any atom is -0.444 e. The molecular weight excluding hydrogens is 754 g/mol. The van der Waals surface area contributed by atoms with Crippen LogP contribution in [-0.4, -0.2) is 120 Å². The van der Waals surface area contributed by atoms with E-state index < -0.39 is 78.1 Å². The summed E-state index contributed by atoms with van der Waals surface area (Å²) in [6.07, 6.45) is -1.62. The number of aliphatic hydroxyl groups excluding tert-OH is 1. The highest BCUT2D eigenvalue weighted by atomic mass is 19.1. The lowest BCUT2D eigenvalue weighted by atomic mass is 9.92. The maximum Gasteiger partial charge on any atom is 0.410 e. The Morgan fingerprint density at radius 3 is 2.07 bits per heavy atom. The first kappa shape index (κ1) is 39.2. The number of fused-ring (bicyclic) bond motifs is 1. The second-order valence-electron chi connectivity index (χ2n) is 15.8. The third kappa shape index (κ3) is 8.20. The van der Waals surface area contributed by atoms with Gasteiger partial charge in [0.2, 0.25) is 0 Å². The molecule has 5 heterocycles. The Balaban J connectivity index is 1.08. The zero-order valence-electron chi connectivity index (χ0n) is 32.3. The summed E-state index contributed by atoms with van der Waals surface area (Å²) < 4.78 is 56.1. The Morgan fingerprint density at radius 2 is 1.47 bits per heavy atom. The Labute approximate surface area is 333 Å². The van der Waals surface area contributed by atoms with Crippen LogP contribution in [0.1, 0.15) is 51.1 Å². The Morgan fingerprint density at radius 1 is 0.845 bits per heavy atom. The van der Waals surface area contributed by atoms with E-state index in [-0.39, 0.29) is 26.1 Å². The van der Waals surface area contributed by atoms with E-state index >= 15 is 0 Å². The first-order valence-electron chi connectivity index (χ1n) is 19.1. The number of piperidine rings is 1. The van der Waals surface area contributed by atoms with Gasteiger partial charge in [-0.15, -0.1) is 10.2 Å². The molecule has 8 rings (SSSR count). The van der Waals surface area contributed by atoms with Crippen molar-refractivity contribution >= 4 is 12.0 Å². The number of aromatic nitrogens is 6. The van der Waals surface area contributed by atoms with Gasteiger partial charge in [-0.05, 0) is 45.0 Å². The normalized spacial score (nSPS) is 26.2. The van der Waals surface area contributed by atoms with E-state index in [1.165, 1.54) is 38.7 Å². The molecule has 0 saturated carbocycles. The molecule has 5 aromatic rings. The molecule has 2 aromatic heterocycles. The van der Waals surface area contributed by atoms with Gasteiger partial charge in [0.1, 0.15) is 53.0 Å². The number of benzene rings is 3. The number of halogens is 2. The molecular formula is C41H44F2N8O7. The van der Waals surface area contributed by atoms with Gasteiger partial charge in [-0.25, -0.2) is 22.9 Å². The monoisotopic (exact) mass is 798 g/mol. The van der Waals surface area contributed by atoms with Gasteiger partial charge in [-0.2, -0.15) is 0 Å². The van der Waals surface area contributed by atoms with Gasteiger partial charge in [-0.3, -0.25) is 4.79 Å². The predicted octanol–water partition coefficient (Wildman–Crippen LogP) is 4.97. The molecule has 0 radical (unpaired) electrons. The highest BCUT2D eigenvalue weighted by Gasteiger charge is 2.50. The highest BCUT2D eigenvalue weighted by molar-refractivity contribution is 5.81. The van der Waals surface area contributed by atoms with Crippen LogP contribution in [-0.2, 0) is 23.7 Å². The van der Waals surface area contributed by atoms with Crippen LogP contribution in [0.15, 0.2) is 91.3 Å². The van der Waals surface area contributed by atoms with Crippen molar-refractivity contribution in [3.8, 4) is 22.5 Å². The maximum atomic E-state index is 14.6. The van der Waals surface area contributed by atoms with Crippen molar-refractivity contribution in [3.05, 3.63) is 108 Å². The standard InChI is InChI=1S/C41H44F2N8O7/c1-41(2,3)58-40(54)49-21-32(36(52)33(22-49)51-20-30(45-47-51)26-13-9-15-28(43)17-26)48(4)38(53)34-18-31(50-19-29(44-46-50)25-12-8-14-27(42)16-25)37-35(56-34)23-55-39(57-37)24-10-6-5-7-11-24/h5-17,19-20,31-37,39,52H,18,21-23H2,1-4H3/t31-,32-,33+,34-,35-,36+,37-,39?/m1/s1. The van der Waals surface area contributed by atoms with Crippen molar-refractivity contribution in [3.63, 3.8) is 0 Å². The molecule has 3 aromatic carbocycles. The number of nitrogens with zero attached hydrogens (tertiary/aromatic N) is 8. The summed E-state index contributed by atoms with van der Waals surface area (Å²) in [4.78, 5) is 31.0. The van der Waals surface area contributed by atoms with E-state index in [2.05, 4.69) is 20.6 Å². The van der Waals surface area contributed by atoms with Gasteiger partial charge in [0.15, 0.2) is 6.29 Å². The Kier molecular flexibility index (Phi) is 10.8. The lowest BCUT2D eigenvalue weighted by Crippen LogP contribution is -2.63. The minimum absolute atomic E-state index is 0.0104. The van der Waals surface area contributed by atoms with Crippen LogP contribution in [0.3, 0.4) is 0 Å². The van der Waals surface area contributed by atoms with Crippen LogP contribution in [0, 0.1) is 11.6 Å². The summed E-state index contributed by atoms with van der Waals surface area (Å²) in [5.41, 5.74) is 1.79. The van der Waals surface area contributed by atoms with Crippen molar-refractivity contribution < 1.29 is 42.4 Å². The number of likely N-dealkylation sites (N-methyl/N-ethyl adjacent to an activating group) is 1. The van der Waals surface area contributed by atoms with Crippen LogP contribution in [0.25, 0.3) is 22.5 Å². The molecule has 3 aliphatic rings. The fourth-order valence-electron chi connectivity index (χ4n) is 7.72. The van der Waals surface area contributed by atoms with E-state index in [0.717, 1.165) is 5.56 Å². The molecule has 1 unspecified atom stereocenters. The predicted molar refractivity (Wildman–Crippen MR) is 203 cm³/mol. The first-order chi connectivity index (χ1) is 27.8. The average molecular weight is 799 g/mol. The molecule has 8 atom stereocenters. The van der Waals surface area contributed by atoms with Crippen molar-refractivity contribution in [2.75, 3.05) is 26.7 Å². The molecule has 1 N–H and O–H groups in total. The molecule has 2 amide bonds. The molecule has 3 saturated heterocycles. The van der Waals surface area contributed by atoms with E-state index in [1.807, 2.05) is 30.3 Å². The van der Waals surface area contributed by atoms with E-state index in [0.29, 0.717) is 22.5 Å².